The molecule has 2 amide bonds. The van der Waals surface area contributed by atoms with E-state index in [1.54, 1.807) is 40.6 Å². The highest BCUT2D eigenvalue weighted by Gasteiger charge is 2.76. The minimum atomic E-state index is -0.780. The smallest absolute Gasteiger partial charge is 0.310 e. The second kappa shape index (κ2) is 12.2. The summed E-state index contributed by atoms with van der Waals surface area (Å²) in [6.45, 7) is 13.8. The molecule has 4 heterocycles. The summed E-state index contributed by atoms with van der Waals surface area (Å²) in [6.07, 6.45) is 4.51. The number of esters is 1. The quantitative estimate of drug-likeness (QED) is 0.155. The average Bonchev–Trinajstić information content (AvgIpc) is 3.49. The van der Waals surface area contributed by atoms with Crippen LogP contribution in [-0.4, -0.2) is 124 Å². The first-order valence-electron chi connectivity index (χ1n) is 13.0. The zero-order valence-corrected chi connectivity index (χ0v) is 23.8. The zero-order valence-electron chi connectivity index (χ0n) is 21.4. The Morgan fingerprint density at radius 1 is 1.35 bits per heavy atom. The Morgan fingerprint density at radius 2 is 2.08 bits per heavy atom. The van der Waals surface area contributed by atoms with Gasteiger partial charge in [-0.15, -0.1) is 24.9 Å². The lowest BCUT2D eigenvalue weighted by molar-refractivity contribution is -0.154. The molecular weight excluding hydrogens is 562 g/mol. The summed E-state index contributed by atoms with van der Waals surface area (Å²) in [5.41, 5.74) is 0. The summed E-state index contributed by atoms with van der Waals surface area (Å²) >= 11 is 5.33. The van der Waals surface area contributed by atoms with Gasteiger partial charge in [-0.2, -0.15) is 0 Å². The number of carbonyl (C=O) groups excluding carboxylic acids is 3. The van der Waals surface area contributed by atoms with E-state index in [2.05, 4.69) is 34.0 Å². The first-order chi connectivity index (χ1) is 17.8. The highest BCUT2D eigenvalue weighted by Crippen LogP contribution is 2.68. The SMILES string of the molecule is C=CCCOC(=O)[C@H]1[C@@H]2SC3(CC2Br)C(C(=O)N(CC=C)CCN2CCOCC2)N([C@H](C)CO)C(=O)[C@H]13. The third-order valence-electron chi connectivity index (χ3n) is 7.99. The number of amides is 2. The molecule has 0 aromatic heterocycles. The summed E-state index contributed by atoms with van der Waals surface area (Å²) < 4.78 is 10.2. The number of hydrogen-bond donors (Lipinski definition) is 1. The fourth-order valence-corrected chi connectivity index (χ4v) is 9.81. The number of ether oxygens (including phenoxy) is 2. The Bertz CT molecular complexity index is 902. The van der Waals surface area contributed by atoms with E-state index in [1.807, 2.05) is 0 Å². The molecule has 4 aliphatic rings. The molecule has 1 N–H and O–H groups in total. The van der Waals surface area contributed by atoms with Crippen LogP contribution in [0.4, 0.5) is 0 Å². The zero-order chi connectivity index (χ0) is 26.7. The van der Waals surface area contributed by atoms with Crippen molar-refractivity contribution in [3.05, 3.63) is 25.3 Å². The van der Waals surface area contributed by atoms with Crippen LogP contribution in [-0.2, 0) is 23.9 Å². The van der Waals surface area contributed by atoms with Gasteiger partial charge in [0.05, 0.1) is 49.1 Å². The molecule has 11 heteroatoms. The van der Waals surface area contributed by atoms with Crippen molar-refractivity contribution in [1.82, 2.24) is 14.7 Å². The number of halogens is 1. The number of nitrogens with zero attached hydrogens (tertiary/aromatic N) is 3. The molecule has 0 radical (unpaired) electrons. The lowest BCUT2D eigenvalue weighted by Gasteiger charge is -2.39. The number of likely N-dealkylation sites (tertiary alicyclic amines) is 1. The standard InChI is InChI=1S/C26H38BrN3O6S/c1-4-6-12-36-25(34)19-20-23(32)30(17(3)16-31)22(26(20)15-18(27)21(19)37-26)24(33)29(7-5-2)9-8-28-10-13-35-14-11-28/h4-5,17-22,31H,1-2,6-16H2,3H3/t17-,18?,19-,20+,21-,22?,26?/m1/s1. The first-order valence-corrected chi connectivity index (χ1v) is 14.8. The molecule has 1 spiro atoms. The van der Waals surface area contributed by atoms with Gasteiger partial charge in [0.25, 0.3) is 0 Å². The first kappa shape index (κ1) is 28.6. The van der Waals surface area contributed by atoms with Gasteiger partial charge in [0.1, 0.15) is 6.04 Å². The number of alkyl halides is 1. The second-order valence-electron chi connectivity index (χ2n) is 10.2. The topological polar surface area (TPSA) is 99.6 Å². The largest absolute Gasteiger partial charge is 0.465 e. The van der Waals surface area contributed by atoms with Crippen molar-refractivity contribution in [3.8, 4) is 0 Å². The predicted molar refractivity (Wildman–Crippen MR) is 145 cm³/mol. The van der Waals surface area contributed by atoms with E-state index in [1.165, 1.54) is 0 Å². The number of thioether (sulfide) groups is 1. The lowest BCUT2D eigenvalue weighted by atomic mass is 9.71. The summed E-state index contributed by atoms with van der Waals surface area (Å²) in [7, 11) is 0. The molecule has 4 rings (SSSR count). The maximum absolute atomic E-state index is 14.3. The van der Waals surface area contributed by atoms with Gasteiger partial charge in [0.15, 0.2) is 0 Å². The van der Waals surface area contributed by atoms with Gasteiger partial charge >= 0.3 is 5.97 Å². The summed E-state index contributed by atoms with van der Waals surface area (Å²) in [4.78, 5) is 47.1. The lowest BCUT2D eigenvalue weighted by Crippen LogP contribution is -2.58. The Hall–Kier alpha value is -1.40. The van der Waals surface area contributed by atoms with Gasteiger partial charge in [-0.05, 0) is 19.8 Å². The summed E-state index contributed by atoms with van der Waals surface area (Å²) in [6, 6.07) is -1.34. The fourth-order valence-electron chi connectivity index (χ4n) is 6.22. The highest BCUT2D eigenvalue weighted by molar-refractivity contribution is 9.09. The molecule has 4 saturated heterocycles. The van der Waals surface area contributed by atoms with Crippen molar-refractivity contribution < 1.29 is 29.0 Å². The molecule has 3 unspecified atom stereocenters. The van der Waals surface area contributed by atoms with Crippen LogP contribution in [0.2, 0.25) is 0 Å². The van der Waals surface area contributed by atoms with Crippen LogP contribution >= 0.6 is 27.7 Å². The van der Waals surface area contributed by atoms with Crippen LogP contribution in [0, 0.1) is 11.8 Å². The number of hydrogen-bond acceptors (Lipinski definition) is 8. The Labute approximate surface area is 231 Å². The molecule has 0 saturated carbocycles. The van der Waals surface area contributed by atoms with Crippen molar-refractivity contribution in [1.29, 1.82) is 0 Å². The number of aliphatic hydroxyl groups excluding tert-OH is 1. The van der Waals surface area contributed by atoms with Gasteiger partial charge in [0.2, 0.25) is 11.8 Å². The van der Waals surface area contributed by atoms with Crippen molar-refractivity contribution in [2.75, 3.05) is 59.2 Å². The molecular formula is C26H38BrN3O6S. The van der Waals surface area contributed by atoms with E-state index in [0.717, 1.165) is 13.1 Å². The molecule has 4 fully saturated rings. The minimum Gasteiger partial charge on any atom is -0.465 e. The maximum atomic E-state index is 14.3. The van der Waals surface area contributed by atoms with Crippen molar-refractivity contribution in [2.45, 2.75) is 46.7 Å². The van der Waals surface area contributed by atoms with Crippen LogP contribution in [0.3, 0.4) is 0 Å². The summed E-state index contributed by atoms with van der Waals surface area (Å²) in [5, 5.41) is 9.90. The Kier molecular flexibility index (Phi) is 9.43. The van der Waals surface area contributed by atoms with E-state index >= 15 is 0 Å². The third-order valence-corrected chi connectivity index (χ3v) is 11.2. The van der Waals surface area contributed by atoms with E-state index in [0.29, 0.717) is 45.7 Å². The second-order valence-corrected chi connectivity index (χ2v) is 12.9. The minimum absolute atomic E-state index is 0.0283. The summed E-state index contributed by atoms with van der Waals surface area (Å²) in [5.74, 6) is -2.11. The molecule has 4 aliphatic heterocycles. The van der Waals surface area contributed by atoms with Crippen molar-refractivity contribution in [3.63, 3.8) is 0 Å². The molecule has 37 heavy (non-hydrogen) atoms. The molecule has 0 aromatic carbocycles. The van der Waals surface area contributed by atoms with Gasteiger partial charge in [-0.25, -0.2) is 0 Å². The maximum Gasteiger partial charge on any atom is 0.310 e. The number of morpholine rings is 1. The van der Waals surface area contributed by atoms with Crippen LogP contribution in [0.15, 0.2) is 25.3 Å². The number of carbonyl (C=O) groups is 3. The van der Waals surface area contributed by atoms with Crippen LogP contribution in [0.5, 0.6) is 0 Å². The number of rotatable bonds is 12. The number of fused-ring (bicyclic) bond motifs is 1. The molecule has 2 bridgehead atoms. The predicted octanol–water partition coefficient (Wildman–Crippen LogP) is 1.30. The monoisotopic (exact) mass is 599 g/mol. The van der Waals surface area contributed by atoms with Gasteiger partial charge in [-0.1, -0.05) is 28.1 Å². The van der Waals surface area contributed by atoms with Gasteiger partial charge in [0, 0.05) is 42.8 Å². The van der Waals surface area contributed by atoms with Crippen LogP contribution in [0.1, 0.15) is 19.8 Å². The van der Waals surface area contributed by atoms with Crippen molar-refractivity contribution >= 4 is 45.5 Å². The Morgan fingerprint density at radius 3 is 2.73 bits per heavy atom. The normalized spacial score (nSPS) is 33.8. The van der Waals surface area contributed by atoms with Crippen molar-refractivity contribution in [2.24, 2.45) is 11.8 Å². The molecule has 9 nitrogen and oxygen atoms in total. The van der Waals surface area contributed by atoms with E-state index in [9.17, 15) is 19.5 Å². The molecule has 0 aliphatic carbocycles. The van der Waals surface area contributed by atoms with E-state index in [4.69, 9.17) is 9.47 Å². The van der Waals surface area contributed by atoms with Crippen LogP contribution < -0.4 is 0 Å². The van der Waals surface area contributed by atoms with E-state index < -0.39 is 34.6 Å². The molecule has 7 atom stereocenters. The molecule has 0 aromatic rings. The highest BCUT2D eigenvalue weighted by atomic mass is 79.9. The fraction of sp³-hybridized carbons (Fsp3) is 0.731. The van der Waals surface area contributed by atoms with Gasteiger partial charge in [-0.3, -0.25) is 19.3 Å². The third kappa shape index (κ3) is 5.26. The van der Waals surface area contributed by atoms with Gasteiger partial charge < -0.3 is 24.4 Å². The molecule has 206 valence electrons. The van der Waals surface area contributed by atoms with Crippen LogP contribution in [0.25, 0.3) is 0 Å². The average molecular weight is 601 g/mol. The number of aliphatic hydroxyl groups is 1. The van der Waals surface area contributed by atoms with E-state index in [-0.39, 0.29) is 35.1 Å². The Balaban J connectivity index is 1.64.